The van der Waals surface area contributed by atoms with Crippen LogP contribution in [-0.4, -0.2) is 59.1 Å². The Kier molecular flexibility index (Phi) is 10.7. The first-order valence-corrected chi connectivity index (χ1v) is 12.0. The van der Waals surface area contributed by atoms with Gasteiger partial charge in [-0.1, -0.05) is 12.1 Å². The number of benzene rings is 2. The molecule has 2 aromatic carbocycles. The number of primary amides is 1. The second kappa shape index (κ2) is 13.7. The third-order valence-electron chi connectivity index (χ3n) is 5.32. The molecule has 0 bridgehead atoms. The van der Waals surface area contributed by atoms with Gasteiger partial charge in [0.1, 0.15) is 35.7 Å². The summed E-state index contributed by atoms with van der Waals surface area (Å²) in [5.74, 6) is -1.70. The number of phenols is 1. The first-order valence-electron chi connectivity index (χ1n) is 12.0. The summed E-state index contributed by atoms with van der Waals surface area (Å²) in [6, 6.07) is 11.2. The molecule has 0 aliphatic heterocycles. The molecule has 0 saturated heterocycles. The van der Waals surface area contributed by atoms with Crippen molar-refractivity contribution in [2.45, 2.75) is 51.3 Å². The molecule has 5 N–H and O–H groups in total. The zero-order chi connectivity index (χ0) is 29.2. The number of hydrogen-bond donors (Lipinski definition) is 4. The van der Waals surface area contributed by atoms with Gasteiger partial charge in [0.05, 0.1) is 13.2 Å². The van der Waals surface area contributed by atoms with Gasteiger partial charge in [-0.3, -0.25) is 14.4 Å². The molecule has 4 amide bonds. The van der Waals surface area contributed by atoms with Crippen LogP contribution in [0.1, 0.15) is 45.2 Å². The zero-order valence-electron chi connectivity index (χ0n) is 22.3. The lowest BCUT2D eigenvalue weighted by atomic mass is 10.0. The quantitative estimate of drug-likeness (QED) is 0.314. The van der Waals surface area contributed by atoms with Gasteiger partial charge in [0.2, 0.25) is 11.8 Å². The third-order valence-corrected chi connectivity index (χ3v) is 5.32. The molecule has 2 rings (SSSR count). The van der Waals surface area contributed by atoms with Gasteiger partial charge in [-0.25, -0.2) is 4.79 Å². The number of nitriles is 1. The lowest BCUT2D eigenvalue weighted by Crippen LogP contribution is -2.52. The number of anilines is 1. The van der Waals surface area contributed by atoms with E-state index < -0.39 is 48.0 Å². The number of hydrogen-bond acceptors (Lipinski definition) is 8. The predicted octanol–water partition coefficient (Wildman–Crippen LogP) is 2.59. The Morgan fingerprint density at radius 3 is 2.21 bits per heavy atom. The summed E-state index contributed by atoms with van der Waals surface area (Å²) >= 11 is 0. The molecule has 0 spiro atoms. The number of rotatable bonds is 11. The van der Waals surface area contributed by atoms with Gasteiger partial charge in [-0.15, -0.1) is 0 Å². The standard InChI is InChI=1S/C27H33N5O7/c1-27(2,3)39-26(37)31-21(13-14-22(29)34)25(36)32(16-15-28)23(17-5-9-19(33)10-6-17)24(35)30-18-7-11-20(38-4)12-8-18/h5-12,21,23,33H,13-14,16H2,1-4H3,(H2,29,34)(H,30,35)(H,31,37). The van der Waals surface area contributed by atoms with Crippen LogP contribution in [0.4, 0.5) is 10.5 Å². The Labute approximate surface area is 226 Å². The van der Waals surface area contributed by atoms with Crippen molar-refractivity contribution in [3.05, 3.63) is 54.1 Å². The van der Waals surface area contributed by atoms with Crippen molar-refractivity contribution in [3.8, 4) is 17.6 Å². The average Bonchev–Trinajstić information content (AvgIpc) is 2.86. The summed E-state index contributed by atoms with van der Waals surface area (Å²) in [7, 11) is 1.50. The maximum Gasteiger partial charge on any atom is 0.408 e. The van der Waals surface area contributed by atoms with Gasteiger partial charge in [0, 0.05) is 12.1 Å². The number of carbonyl (C=O) groups excluding carboxylic acids is 4. The van der Waals surface area contributed by atoms with Gasteiger partial charge in [0.25, 0.3) is 5.91 Å². The van der Waals surface area contributed by atoms with E-state index in [9.17, 15) is 29.5 Å². The van der Waals surface area contributed by atoms with E-state index in [2.05, 4.69) is 10.6 Å². The van der Waals surface area contributed by atoms with Gasteiger partial charge in [-0.05, 0) is 69.2 Å². The highest BCUT2D eigenvalue weighted by atomic mass is 16.6. The second-order valence-corrected chi connectivity index (χ2v) is 9.54. The molecular weight excluding hydrogens is 506 g/mol. The number of amides is 4. The molecule has 208 valence electrons. The monoisotopic (exact) mass is 539 g/mol. The number of nitrogens with zero attached hydrogens (tertiary/aromatic N) is 2. The molecule has 2 unspecified atom stereocenters. The van der Waals surface area contributed by atoms with E-state index in [-0.39, 0.29) is 24.2 Å². The Bertz CT molecular complexity index is 1200. The number of methoxy groups -OCH3 is 1. The minimum absolute atomic E-state index is 0.0721. The largest absolute Gasteiger partial charge is 0.508 e. The molecule has 0 saturated carbocycles. The molecule has 2 aromatic rings. The summed E-state index contributed by atoms with van der Waals surface area (Å²) in [4.78, 5) is 52.3. The van der Waals surface area contributed by atoms with E-state index in [1.54, 1.807) is 45.0 Å². The van der Waals surface area contributed by atoms with Crippen LogP contribution in [0.25, 0.3) is 0 Å². The first-order chi connectivity index (χ1) is 18.3. The van der Waals surface area contributed by atoms with Crippen molar-refractivity contribution < 1.29 is 33.8 Å². The number of aromatic hydroxyl groups is 1. The molecule has 0 fully saturated rings. The maximum atomic E-state index is 13.8. The van der Waals surface area contributed by atoms with Crippen LogP contribution >= 0.6 is 0 Å². The third kappa shape index (κ3) is 9.55. The van der Waals surface area contributed by atoms with Crippen LogP contribution in [0.15, 0.2) is 48.5 Å². The van der Waals surface area contributed by atoms with E-state index in [4.69, 9.17) is 15.2 Å². The number of ether oxygens (including phenoxy) is 2. The SMILES string of the molecule is COc1ccc(NC(=O)C(c2ccc(O)cc2)N(CC#N)C(=O)C(CCC(N)=O)NC(=O)OC(C)(C)C)cc1. The van der Waals surface area contributed by atoms with Gasteiger partial charge in [0.15, 0.2) is 0 Å². The van der Waals surface area contributed by atoms with E-state index in [0.717, 1.165) is 4.90 Å². The van der Waals surface area contributed by atoms with Gasteiger partial charge in [-0.2, -0.15) is 5.26 Å². The highest BCUT2D eigenvalue weighted by Gasteiger charge is 2.36. The molecule has 0 aromatic heterocycles. The lowest BCUT2D eigenvalue weighted by Gasteiger charge is -2.33. The summed E-state index contributed by atoms with van der Waals surface area (Å²) < 4.78 is 10.4. The fourth-order valence-corrected chi connectivity index (χ4v) is 3.58. The Hall–Kier alpha value is -4.79. The highest BCUT2D eigenvalue weighted by Crippen LogP contribution is 2.27. The van der Waals surface area contributed by atoms with Crippen LogP contribution in [0, 0.1) is 11.3 Å². The van der Waals surface area contributed by atoms with Crippen LogP contribution in [0.3, 0.4) is 0 Å². The van der Waals surface area contributed by atoms with Crippen molar-refractivity contribution >= 4 is 29.5 Å². The Morgan fingerprint density at radius 2 is 1.69 bits per heavy atom. The van der Waals surface area contributed by atoms with Crippen molar-refractivity contribution in [1.29, 1.82) is 5.26 Å². The fraction of sp³-hybridized carbons (Fsp3) is 0.370. The summed E-state index contributed by atoms with van der Waals surface area (Å²) in [5, 5.41) is 24.5. The van der Waals surface area contributed by atoms with Crippen LogP contribution in [0.5, 0.6) is 11.5 Å². The van der Waals surface area contributed by atoms with Crippen molar-refractivity contribution in [3.63, 3.8) is 0 Å². The molecule has 0 radical (unpaired) electrons. The minimum Gasteiger partial charge on any atom is -0.508 e. The van der Waals surface area contributed by atoms with Crippen LogP contribution < -0.4 is 21.1 Å². The summed E-state index contributed by atoms with van der Waals surface area (Å²) in [5.41, 5.74) is 5.08. The molecule has 0 aliphatic carbocycles. The first kappa shape index (κ1) is 30.4. The molecule has 0 heterocycles. The van der Waals surface area contributed by atoms with Crippen molar-refractivity contribution in [1.82, 2.24) is 10.2 Å². The minimum atomic E-state index is -1.35. The van der Waals surface area contributed by atoms with E-state index in [0.29, 0.717) is 11.4 Å². The second-order valence-electron chi connectivity index (χ2n) is 9.54. The van der Waals surface area contributed by atoms with Gasteiger partial charge < -0.3 is 35.8 Å². The van der Waals surface area contributed by atoms with Crippen LogP contribution in [-0.2, 0) is 19.1 Å². The Morgan fingerprint density at radius 1 is 1.08 bits per heavy atom. The van der Waals surface area contributed by atoms with Gasteiger partial charge >= 0.3 is 6.09 Å². The molecule has 12 heteroatoms. The fourth-order valence-electron chi connectivity index (χ4n) is 3.58. The highest BCUT2D eigenvalue weighted by molar-refractivity contribution is 5.99. The smallest absolute Gasteiger partial charge is 0.408 e. The summed E-state index contributed by atoms with van der Waals surface area (Å²) in [6.45, 7) is 4.38. The number of alkyl carbamates (subject to hydrolysis) is 1. The molecular formula is C27H33N5O7. The molecule has 2 atom stereocenters. The lowest BCUT2D eigenvalue weighted by molar-refractivity contribution is -0.140. The maximum absolute atomic E-state index is 13.8. The van der Waals surface area contributed by atoms with Crippen LogP contribution in [0.2, 0.25) is 0 Å². The number of nitrogens with two attached hydrogens (primary N) is 1. The molecule has 39 heavy (non-hydrogen) atoms. The van der Waals surface area contributed by atoms with E-state index >= 15 is 0 Å². The average molecular weight is 540 g/mol. The van der Waals surface area contributed by atoms with Crippen molar-refractivity contribution in [2.75, 3.05) is 19.0 Å². The number of nitrogens with one attached hydrogen (secondary N) is 2. The van der Waals surface area contributed by atoms with E-state index in [1.807, 2.05) is 6.07 Å². The number of phenolic OH excluding ortho intramolecular Hbond substituents is 1. The molecule has 12 nitrogen and oxygen atoms in total. The zero-order valence-corrected chi connectivity index (χ0v) is 22.3. The molecule has 0 aliphatic rings. The van der Waals surface area contributed by atoms with E-state index in [1.165, 1.54) is 31.4 Å². The topological polar surface area (TPSA) is 184 Å². The summed E-state index contributed by atoms with van der Waals surface area (Å²) in [6.07, 6.45) is -1.38. The normalized spacial score (nSPS) is 12.3. The predicted molar refractivity (Wildman–Crippen MR) is 141 cm³/mol. The van der Waals surface area contributed by atoms with Crippen molar-refractivity contribution in [2.24, 2.45) is 5.73 Å². The number of carbonyl (C=O) groups is 4. The Balaban J connectivity index is 2.48.